The summed E-state index contributed by atoms with van der Waals surface area (Å²) in [5.74, 6) is 0. The Morgan fingerprint density at radius 3 is 2.47 bits per heavy atom. The molecule has 15 heavy (non-hydrogen) atoms. The van der Waals surface area contributed by atoms with Crippen molar-refractivity contribution < 1.29 is 5.11 Å². The highest BCUT2D eigenvalue weighted by molar-refractivity contribution is 4.93. The molecule has 0 amide bonds. The molecule has 88 valence electrons. The zero-order valence-electron chi connectivity index (χ0n) is 10.2. The molecule has 2 unspecified atom stereocenters. The Hall–Kier alpha value is -0.0800. The summed E-state index contributed by atoms with van der Waals surface area (Å²) in [7, 11) is 0. The van der Waals surface area contributed by atoms with Crippen LogP contribution in [-0.2, 0) is 0 Å². The number of aliphatic hydroxyl groups is 1. The van der Waals surface area contributed by atoms with E-state index in [0.29, 0.717) is 11.5 Å². The number of rotatable bonds is 3. The maximum absolute atomic E-state index is 9.58. The molecule has 0 aromatic rings. The van der Waals surface area contributed by atoms with Crippen molar-refractivity contribution in [2.75, 3.05) is 13.1 Å². The van der Waals surface area contributed by atoms with Gasteiger partial charge in [0.05, 0.1) is 6.10 Å². The Bertz CT molecular complexity index is 213. The highest BCUT2D eigenvalue weighted by Crippen LogP contribution is 2.40. The van der Waals surface area contributed by atoms with Crippen molar-refractivity contribution in [2.24, 2.45) is 5.41 Å². The van der Waals surface area contributed by atoms with Crippen molar-refractivity contribution >= 4 is 0 Å². The lowest BCUT2D eigenvalue weighted by Crippen LogP contribution is -2.34. The molecule has 2 nitrogen and oxygen atoms in total. The molecule has 2 fully saturated rings. The lowest BCUT2D eigenvalue weighted by atomic mass is 9.82. The Morgan fingerprint density at radius 1 is 1.27 bits per heavy atom. The summed E-state index contributed by atoms with van der Waals surface area (Å²) in [5.41, 5.74) is 0.591. The Balaban J connectivity index is 1.92. The quantitative estimate of drug-likeness (QED) is 0.775. The molecule has 1 saturated carbocycles. The predicted octanol–water partition coefficient (Wildman–Crippen LogP) is 2.41. The SMILES string of the molecule is CCC1(CC)CCN(C2CCC(O)C2)C1. The van der Waals surface area contributed by atoms with Crippen LogP contribution in [0.15, 0.2) is 0 Å². The van der Waals surface area contributed by atoms with Crippen LogP contribution in [0.25, 0.3) is 0 Å². The number of likely N-dealkylation sites (tertiary alicyclic amines) is 1. The molecule has 0 radical (unpaired) electrons. The number of hydrogen-bond acceptors (Lipinski definition) is 2. The molecule has 0 bridgehead atoms. The zero-order chi connectivity index (χ0) is 10.9. The largest absolute Gasteiger partial charge is 0.393 e. The van der Waals surface area contributed by atoms with Gasteiger partial charge in [-0.05, 0) is 50.5 Å². The smallest absolute Gasteiger partial charge is 0.0555 e. The van der Waals surface area contributed by atoms with Crippen molar-refractivity contribution in [1.82, 2.24) is 4.90 Å². The van der Waals surface area contributed by atoms with Crippen LogP contribution in [0, 0.1) is 5.41 Å². The van der Waals surface area contributed by atoms with E-state index in [4.69, 9.17) is 0 Å². The molecule has 2 aliphatic rings. The van der Waals surface area contributed by atoms with Gasteiger partial charge in [-0.2, -0.15) is 0 Å². The van der Waals surface area contributed by atoms with Gasteiger partial charge in [0.15, 0.2) is 0 Å². The maximum Gasteiger partial charge on any atom is 0.0555 e. The van der Waals surface area contributed by atoms with Gasteiger partial charge in [-0.3, -0.25) is 4.90 Å². The second-order valence-corrected chi connectivity index (χ2v) is 5.55. The molecule has 2 atom stereocenters. The van der Waals surface area contributed by atoms with Crippen LogP contribution in [0.5, 0.6) is 0 Å². The minimum absolute atomic E-state index is 0.0201. The van der Waals surface area contributed by atoms with Gasteiger partial charge in [0.1, 0.15) is 0 Å². The molecule has 1 N–H and O–H groups in total. The highest BCUT2D eigenvalue weighted by Gasteiger charge is 2.39. The molecule has 0 spiro atoms. The van der Waals surface area contributed by atoms with Crippen LogP contribution in [0.4, 0.5) is 0 Å². The van der Waals surface area contributed by atoms with E-state index in [-0.39, 0.29) is 6.10 Å². The predicted molar refractivity (Wildman–Crippen MR) is 62.9 cm³/mol. The molecule has 1 aliphatic heterocycles. The highest BCUT2D eigenvalue weighted by atomic mass is 16.3. The number of hydrogen-bond donors (Lipinski definition) is 1. The third-order valence-corrected chi connectivity index (χ3v) is 4.86. The van der Waals surface area contributed by atoms with Gasteiger partial charge in [-0.1, -0.05) is 13.8 Å². The average molecular weight is 211 g/mol. The zero-order valence-corrected chi connectivity index (χ0v) is 10.2. The van der Waals surface area contributed by atoms with E-state index < -0.39 is 0 Å². The van der Waals surface area contributed by atoms with Crippen molar-refractivity contribution in [3.63, 3.8) is 0 Å². The third-order valence-electron chi connectivity index (χ3n) is 4.86. The molecular weight excluding hydrogens is 186 g/mol. The first-order valence-corrected chi connectivity index (χ1v) is 6.61. The fraction of sp³-hybridized carbons (Fsp3) is 1.00. The van der Waals surface area contributed by atoms with Crippen LogP contribution in [-0.4, -0.2) is 35.2 Å². The van der Waals surface area contributed by atoms with E-state index >= 15 is 0 Å². The molecule has 2 heteroatoms. The lowest BCUT2D eigenvalue weighted by Gasteiger charge is -2.29. The monoisotopic (exact) mass is 211 g/mol. The van der Waals surface area contributed by atoms with E-state index in [1.165, 1.54) is 38.8 Å². The van der Waals surface area contributed by atoms with Crippen LogP contribution in [0.1, 0.15) is 52.4 Å². The first kappa shape index (κ1) is 11.4. The topological polar surface area (TPSA) is 23.5 Å². The van der Waals surface area contributed by atoms with Gasteiger partial charge < -0.3 is 5.11 Å². The van der Waals surface area contributed by atoms with Crippen molar-refractivity contribution in [3.8, 4) is 0 Å². The second-order valence-electron chi connectivity index (χ2n) is 5.55. The number of nitrogens with zero attached hydrogens (tertiary/aromatic N) is 1. The average Bonchev–Trinajstić information content (AvgIpc) is 2.84. The minimum Gasteiger partial charge on any atom is -0.393 e. The summed E-state index contributed by atoms with van der Waals surface area (Å²) in [4.78, 5) is 2.64. The summed E-state index contributed by atoms with van der Waals surface area (Å²) >= 11 is 0. The standard InChI is InChI=1S/C13H25NO/c1-3-13(4-2)7-8-14(10-13)11-5-6-12(15)9-11/h11-12,15H,3-10H2,1-2H3. The number of aliphatic hydroxyl groups excluding tert-OH is 1. The summed E-state index contributed by atoms with van der Waals surface area (Å²) in [6, 6.07) is 0.681. The van der Waals surface area contributed by atoms with Crippen molar-refractivity contribution in [3.05, 3.63) is 0 Å². The first-order valence-electron chi connectivity index (χ1n) is 6.61. The molecule has 1 aliphatic carbocycles. The third kappa shape index (κ3) is 2.21. The van der Waals surface area contributed by atoms with Gasteiger partial charge in [0, 0.05) is 12.6 Å². The van der Waals surface area contributed by atoms with E-state index in [1.807, 2.05) is 0 Å². The maximum atomic E-state index is 9.58. The summed E-state index contributed by atoms with van der Waals surface area (Å²) in [5, 5.41) is 9.58. The Labute approximate surface area is 93.7 Å². The Morgan fingerprint density at radius 2 is 2.00 bits per heavy atom. The van der Waals surface area contributed by atoms with Crippen molar-refractivity contribution in [2.45, 2.75) is 64.5 Å². The second kappa shape index (κ2) is 4.42. The summed E-state index contributed by atoms with van der Waals surface area (Å²) < 4.78 is 0. The normalized spacial score (nSPS) is 36.2. The van der Waals surface area contributed by atoms with Gasteiger partial charge in [-0.15, -0.1) is 0 Å². The Kier molecular flexibility index (Phi) is 3.36. The molecule has 0 aromatic carbocycles. The van der Waals surface area contributed by atoms with Crippen molar-refractivity contribution in [1.29, 1.82) is 0 Å². The molecule has 1 heterocycles. The van der Waals surface area contributed by atoms with E-state index in [2.05, 4.69) is 18.7 Å². The van der Waals surface area contributed by atoms with E-state index in [9.17, 15) is 5.11 Å². The first-order chi connectivity index (χ1) is 7.19. The molecule has 2 rings (SSSR count). The summed E-state index contributed by atoms with van der Waals surface area (Å²) in [6.45, 7) is 7.20. The van der Waals surface area contributed by atoms with Gasteiger partial charge in [0.2, 0.25) is 0 Å². The van der Waals surface area contributed by atoms with E-state index in [1.54, 1.807) is 0 Å². The fourth-order valence-electron chi connectivity index (χ4n) is 3.37. The van der Waals surface area contributed by atoms with Crippen LogP contribution >= 0.6 is 0 Å². The van der Waals surface area contributed by atoms with Crippen LogP contribution < -0.4 is 0 Å². The van der Waals surface area contributed by atoms with Gasteiger partial charge in [-0.25, -0.2) is 0 Å². The molecule has 0 aromatic heterocycles. The van der Waals surface area contributed by atoms with Crippen LogP contribution in [0.2, 0.25) is 0 Å². The van der Waals surface area contributed by atoms with Gasteiger partial charge >= 0.3 is 0 Å². The van der Waals surface area contributed by atoms with Gasteiger partial charge in [0.25, 0.3) is 0 Å². The molecule has 1 saturated heterocycles. The summed E-state index contributed by atoms with van der Waals surface area (Å²) in [6.07, 6.45) is 7.23. The fourth-order valence-corrected chi connectivity index (χ4v) is 3.37. The lowest BCUT2D eigenvalue weighted by molar-refractivity contribution is 0.153. The van der Waals surface area contributed by atoms with Crippen LogP contribution in [0.3, 0.4) is 0 Å². The molecular formula is C13H25NO. The van der Waals surface area contributed by atoms with E-state index in [0.717, 1.165) is 12.8 Å². The minimum atomic E-state index is -0.0201.